The number of nitrogens with zero attached hydrogens (tertiary/aromatic N) is 2. The summed E-state index contributed by atoms with van der Waals surface area (Å²) in [6, 6.07) is 29.9. The van der Waals surface area contributed by atoms with Crippen molar-refractivity contribution < 1.29 is 14.3 Å². The molecule has 0 saturated heterocycles. The van der Waals surface area contributed by atoms with E-state index < -0.39 is 5.97 Å². The number of rotatable bonds is 6. The second-order valence-corrected chi connectivity index (χ2v) is 6.32. The maximum Gasteiger partial charge on any atom is 0.335 e. The first-order chi connectivity index (χ1) is 14.2. The lowest BCUT2D eigenvalue weighted by molar-refractivity contribution is 0.0697. The van der Waals surface area contributed by atoms with Crippen LogP contribution in [0.25, 0.3) is 11.3 Å². The van der Waals surface area contributed by atoms with Crippen molar-refractivity contribution in [2.45, 2.75) is 0 Å². The lowest BCUT2D eigenvalue weighted by Gasteiger charge is -2.18. The van der Waals surface area contributed by atoms with Gasteiger partial charge in [0.1, 0.15) is 11.5 Å². The lowest BCUT2D eigenvalue weighted by Crippen LogP contribution is -2.08. The van der Waals surface area contributed by atoms with Gasteiger partial charge in [0.25, 0.3) is 0 Å². The van der Waals surface area contributed by atoms with E-state index in [4.69, 9.17) is 9.52 Å². The van der Waals surface area contributed by atoms with Gasteiger partial charge in [0.15, 0.2) is 0 Å². The van der Waals surface area contributed by atoms with Crippen molar-refractivity contribution in [2.75, 3.05) is 5.01 Å². The molecule has 0 aliphatic heterocycles. The van der Waals surface area contributed by atoms with Crippen LogP contribution < -0.4 is 5.01 Å². The zero-order chi connectivity index (χ0) is 20.1. The first-order valence-corrected chi connectivity index (χ1v) is 9.08. The van der Waals surface area contributed by atoms with E-state index in [1.54, 1.807) is 36.5 Å². The van der Waals surface area contributed by atoms with Crippen molar-refractivity contribution in [2.24, 2.45) is 5.10 Å². The summed E-state index contributed by atoms with van der Waals surface area (Å²) in [5, 5.41) is 15.6. The summed E-state index contributed by atoms with van der Waals surface area (Å²) < 4.78 is 5.86. The van der Waals surface area contributed by atoms with Crippen LogP contribution in [-0.4, -0.2) is 17.3 Å². The Morgan fingerprint density at radius 1 is 0.828 bits per heavy atom. The fourth-order valence-corrected chi connectivity index (χ4v) is 2.92. The highest BCUT2D eigenvalue weighted by molar-refractivity contribution is 5.89. The standard InChI is InChI=1S/C24H18N2O3/c27-24(28)19-9-7-8-18(16-19)23-15-14-22(29-23)17-25-26(20-10-3-1-4-11-20)21-12-5-2-6-13-21/h1-17H,(H,27,28)/b25-17-. The second kappa shape index (κ2) is 8.27. The first kappa shape index (κ1) is 18.3. The molecule has 0 saturated carbocycles. The molecule has 3 aromatic carbocycles. The van der Waals surface area contributed by atoms with Crippen LogP contribution in [0.15, 0.2) is 107 Å². The average molecular weight is 382 g/mol. The second-order valence-electron chi connectivity index (χ2n) is 6.32. The average Bonchev–Trinajstić information content (AvgIpc) is 3.25. The zero-order valence-electron chi connectivity index (χ0n) is 15.5. The van der Waals surface area contributed by atoms with E-state index >= 15 is 0 Å². The number of carbonyl (C=O) groups is 1. The fourth-order valence-electron chi connectivity index (χ4n) is 2.92. The maximum absolute atomic E-state index is 11.2. The van der Waals surface area contributed by atoms with Gasteiger partial charge >= 0.3 is 5.97 Å². The molecule has 0 fully saturated rings. The summed E-state index contributed by atoms with van der Waals surface area (Å²) in [5.41, 5.74) is 2.77. The molecule has 4 rings (SSSR count). The lowest BCUT2D eigenvalue weighted by atomic mass is 10.1. The predicted molar refractivity (Wildman–Crippen MR) is 114 cm³/mol. The minimum absolute atomic E-state index is 0.216. The zero-order valence-corrected chi connectivity index (χ0v) is 15.5. The Hall–Kier alpha value is -4.12. The van der Waals surface area contributed by atoms with Crippen molar-refractivity contribution in [3.63, 3.8) is 0 Å². The van der Waals surface area contributed by atoms with Crippen LogP contribution in [0, 0.1) is 0 Å². The van der Waals surface area contributed by atoms with E-state index in [1.165, 1.54) is 0 Å². The highest BCUT2D eigenvalue weighted by Crippen LogP contribution is 2.26. The number of hydrogen-bond donors (Lipinski definition) is 1. The molecule has 29 heavy (non-hydrogen) atoms. The summed E-state index contributed by atoms with van der Waals surface area (Å²) in [6.07, 6.45) is 1.64. The quantitative estimate of drug-likeness (QED) is 0.337. The molecule has 1 heterocycles. The summed E-state index contributed by atoms with van der Waals surface area (Å²) >= 11 is 0. The van der Waals surface area contributed by atoms with Crippen LogP contribution >= 0.6 is 0 Å². The molecule has 142 valence electrons. The van der Waals surface area contributed by atoms with Gasteiger partial charge in [-0.3, -0.25) is 0 Å². The summed E-state index contributed by atoms with van der Waals surface area (Å²) in [7, 11) is 0. The van der Waals surface area contributed by atoms with E-state index in [0.29, 0.717) is 17.1 Å². The third kappa shape index (κ3) is 4.25. The maximum atomic E-state index is 11.2. The topological polar surface area (TPSA) is 66.0 Å². The summed E-state index contributed by atoms with van der Waals surface area (Å²) in [4.78, 5) is 11.2. The fraction of sp³-hybridized carbons (Fsp3) is 0. The number of hydrogen-bond acceptors (Lipinski definition) is 4. The molecule has 5 heteroatoms. The summed E-state index contributed by atoms with van der Waals surface area (Å²) in [5.74, 6) is 0.180. The number of carboxylic acid groups (broad SMARTS) is 1. The highest BCUT2D eigenvalue weighted by atomic mass is 16.4. The van der Waals surface area contributed by atoms with Crippen LogP contribution in [0.1, 0.15) is 16.1 Å². The van der Waals surface area contributed by atoms with Gasteiger partial charge in [0.05, 0.1) is 23.2 Å². The van der Waals surface area contributed by atoms with Crippen molar-refractivity contribution in [3.05, 3.63) is 108 Å². The molecule has 1 aromatic heterocycles. The number of furan rings is 1. The third-order valence-electron chi connectivity index (χ3n) is 4.32. The van der Waals surface area contributed by atoms with Gasteiger partial charge in [0.2, 0.25) is 0 Å². The Morgan fingerprint density at radius 3 is 2.10 bits per heavy atom. The van der Waals surface area contributed by atoms with Crippen LogP contribution in [0.5, 0.6) is 0 Å². The molecule has 5 nitrogen and oxygen atoms in total. The highest BCUT2D eigenvalue weighted by Gasteiger charge is 2.09. The van der Waals surface area contributed by atoms with E-state index in [-0.39, 0.29) is 5.56 Å². The minimum Gasteiger partial charge on any atom is -0.478 e. The molecular weight excluding hydrogens is 364 g/mol. The Kier molecular flexibility index (Phi) is 5.21. The van der Waals surface area contributed by atoms with Gasteiger partial charge in [-0.05, 0) is 48.5 Å². The normalized spacial score (nSPS) is 10.9. The van der Waals surface area contributed by atoms with E-state index in [0.717, 1.165) is 11.4 Å². The number of para-hydroxylation sites is 2. The van der Waals surface area contributed by atoms with Crippen LogP contribution in [0.2, 0.25) is 0 Å². The Balaban J connectivity index is 1.62. The summed E-state index contributed by atoms with van der Waals surface area (Å²) in [6.45, 7) is 0. The molecule has 0 aliphatic carbocycles. The van der Waals surface area contributed by atoms with Crippen LogP contribution in [-0.2, 0) is 0 Å². The predicted octanol–water partition coefficient (Wildman–Crippen LogP) is 5.82. The van der Waals surface area contributed by atoms with Gasteiger partial charge in [-0.15, -0.1) is 0 Å². The van der Waals surface area contributed by atoms with E-state index in [9.17, 15) is 4.79 Å². The Bertz CT molecular complexity index is 1100. The number of hydrazone groups is 1. The van der Waals surface area contributed by atoms with E-state index in [1.807, 2.05) is 71.7 Å². The SMILES string of the molecule is O=C(O)c1cccc(-c2ccc(/C=N\N(c3ccccc3)c3ccccc3)o2)c1. The van der Waals surface area contributed by atoms with Crippen LogP contribution in [0.3, 0.4) is 0 Å². The number of benzene rings is 3. The Morgan fingerprint density at radius 2 is 1.48 bits per heavy atom. The monoisotopic (exact) mass is 382 g/mol. The smallest absolute Gasteiger partial charge is 0.335 e. The van der Waals surface area contributed by atoms with Gasteiger partial charge < -0.3 is 9.52 Å². The molecule has 0 radical (unpaired) electrons. The first-order valence-electron chi connectivity index (χ1n) is 9.08. The molecule has 4 aromatic rings. The van der Waals surface area contributed by atoms with Crippen molar-refractivity contribution in [1.82, 2.24) is 0 Å². The van der Waals surface area contributed by atoms with Gasteiger partial charge in [-0.2, -0.15) is 5.10 Å². The third-order valence-corrected chi connectivity index (χ3v) is 4.32. The molecule has 0 amide bonds. The van der Waals surface area contributed by atoms with Gasteiger partial charge in [-0.1, -0.05) is 48.5 Å². The molecular formula is C24H18N2O3. The van der Waals surface area contributed by atoms with Crippen LogP contribution in [0.4, 0.5) is 11.4 Å². The largest absolute Gasteiger partial charge is 0.478 e. The molecule has 1 N–H and O–H groups in total. The van der Waals surface area contributed by atoms with E-state index in [2.05, 4.69) is 5.10 Å². The molecule has 0 aliphatic rings. The number of anilines is 2. The van der Waals surface area contributed by atoms with Gasteiger partial charge in [0, 0.05) is 5.56 Å². The van der Waals surface area contributed by atoms with Crippen molar-refractivity contribution in [1.29, 1.82) is 0 Å². The van der Waals surface area contributed by atoms with Crippen molar-refractivity contribution in [3.8, 4) is 11.3 Å². The number of carboxylic acids is 1. The minimum atomic E-state index is -0.971. The molecule has 0 unspecified atom stereocenters. The Labute approximate surface area is 168 Å². The van der Waals surface area contributed by atoms with Crippen molar-refractivity contribution >= 4 is 23.6 Å². The number of aromatic carboxylic acids is 1. The molecule has 0 bridgehead atoms. The van der Waals surface area contributed by atoms with Gasteiger partial charge in [-0.25, -0.2) is 9.80 Å². The molecule has 0 atom stereocenters. The molecule has 0 spiro atoms.